The third kappa shape index (κ3) is 2.32. The minimum absolute atomic E-state index is 0.196. The van der Waals surface area contributed by atoms with E-state index in [-0.39, 0.29) is 5.60 Å². The van der Waals surface area contributed by atoms with Crippen molar-refractivity contribution >= 4 is 16.7 Å². The zero-order chi connectivity index (χ0) is 13.6. The summed E-state index contributed by atoms with van der Waals surface area (Å²) < 4.78 is 7.87. The molecule has 19 heavy (non-hydrogen) atoms. The summed E-state index contributed by atoms with van der Waals surface area (Å²) in [5.74, 6) is 1.80. The molecule has 2 N–H and O–H groups in total. The maximum atomic E-state index is 5.85. The quantitative estimate of drug-likeness (QED) is 0.859. The van der Waals surface area contributed by atoms with Gasteiger partial charge in [0.25, 0.3) is 0 Å². The van der Waals surface area contributed by atoms with Gasteiger partial charge in [-0.15, -0.1) is 0 Å². The van der Waals surface area contributed by atoms with E-state index >= 15 is 0 Å². The summed E-state index contributed by atoms with van der Waals surface area (Å²) in [4.78, 5) is 4.78. The Morgan fingerprint density at radius 1 is 1.42 bits per heavy atom. The molecule has 0 unspecified atom stereocenters. The number of nitrogens with two attached hydrogens (primary N) is 1. The molecule has 1 aromatic heterocycles. The second kappa shape index (κ2) is 4.23. The van der Waals surface area contributed by atoms with Gasteiger partial charge in [-0.25, -0.2) is 4.98 Å². The maximum absolute atomic E-state index is 5.85. The number of imidazole rings is 1. The summed E-state index contributed by atoms with van der Waals surface area (Å²) in [6.07, 6.45) is 2.48. The largest absolute Gasteiger partial charge is 0.399 e. The van der Waals surface area contributed by atoms with Crippen LogP contribution in [-0.2, 0) is 11.3 Å². The highest BCUT2D eigenvalue weighted by Gasteiger charge is 2.31. The van der Waals surface area contributed by atoms with Crippen molar-refractivity contribution in [2.24, 2.45) is 0 Å². The van der Waals surface area contributed by atoms with Crippen molar-refractivity contribution in [1.29, 1.82) is 0 Å². The zero-order valence-electron chi connectivity index (χ0n) is 11.8. The number of anilines is 1. The van der Waals surface area contributed by atoms with Crippen LogP contribution >= 0.6 is 0 Å². The monoisotopic (exact) mass is 259 g/mol. The van der Waals surface area contributed by atoms with Gasteiger partial charge in [0.15, 0.2) is 0 Å². The van der Waals surface area contributed by atoms with E-state index in [9.17, 15) is 0 Å². The first kappa shape index (κ1) is 12.5. The van der Waals surface area contributed by atoms with Crippen LogP contribution in [0.4, 0.5) is 5.69 Å². The molecule has 0 atom stereocenters. The van der Waals surface area contributed by atoms with Gasteiger partial charge in [-0.05, 0) is 44.9 Å². The van der Waals surface area contributed by atoms with Gasteiger partial charge in [0.2, 0.25) is 0 Å². The number of hydrogen-bond acceptors (Lipinski definition) is 3. The van der Waals surface area contributed by atoms with Crippen LogP contribution in [0.3, 0.4) is 0 Å². The Morgan fingerprint density at radius 2 is 2.16 bits per heavy atom. The Balaban J connectivity index is 2.11. The first-order valence-electron chi connectivity index (χ1n) is 6.81. The number of rotatable bonds is 4. The number of ether oxygens (including phenoxy) is 1. The average Bonchev–Trinajstić information content (AvgIpc) is 3.14. The molecule has 2 aromatic rings. The number of nitrogen functional groups attached to an aromatic ring is 1. The van der Waals surface area contributed by atoms with E-state index in [1.165, 1.54) is 18.7 Å². The lowest BCUT2D eigenvalue weighted by molar-refractivity contribution is 0.00843. The van der Waals surface area contributed by atoms with Crippen LogP contribution in [0.2, 0.25) is 0 Å². The maximum Gasteiger partial charge on any atom is 0.113 e. The summed E-state index contributed by atoms with van der Waals surface area (Å²) in [6.45, 7) is 5.02. The molecule has 0 spiro atoms. The third-order valence-corrected chi connectivity index (χ3v) is 3.84. The van der Waals surface area contributed by atoms with Gasteiger partial charge in [0.1, 0.15) is 5.82 Å². The fourth-order valence-corrected chi connectivity index (χ4v) is 2.43. The van der Waals surface area contributed by atoms with Crippen molar-refractivity contribution in [2.45, 2.75) is 44.8 Å². The third-order valence-electron chi connectivity index (χ3n) is 3.84. The van der Waals surface area contributed by atoms with Crippen molar-refractivity contribution in [3.63, 3.8) is 0 Å². The molecular weight excluding hydrogens is 238 g/mol. The van der Waals surface area contributed by atoms with Crippen molar-refractivity contribution < 1.29 is 4.74 Å². The van der Waals surface area contributed by atoms with E-state index in [1.54, 1.807) is 7.11 Å². The summed E-state index contributed by atoms with van der Waals surface area (Å²) in [5, 5.41) is 0. The molecule has 3 rings (SSSR count). The average molecular weight is 259 g/mol. The molecular formula is C15H21N3O. The Labute approximate surface area is 113 Å². The minimum atomic E-state index is -0.196. The summed E-state index contributed by atoms with van der Waals surface area (Å²) in [6, 6.07) is 5.96. The van der Waals surface area contributed by atoms with Gasteiger partial charge in [0.05, 0.1) is 23.2 Å². The number of nitrogens with zero attached hydrogens (tertiary/aromatic N) is 2. The molecule has 0 bridgehead atoms. The van der Waals surface area contributed by atoms with Gasteiger partial charge in [-0.1, -0.05) is 0 Å². The van der Waals surface area contributed by atoms with E-state index in [2.05, 4.69) is 24.5 Å². The molecule has 1 saturated carbocycles. The van der Waals surface area contributed by atoms with E-state index < -0.39 is 0 Å². The standard InChI is InChI=1S/C15H21N3O/c1-15(2,19-3)9-18-13-7-6-11(16)8-12(13)17-14(18)10-4-5-10/h6-8,10H,4-5,9,16H2,1-3H3. The molecule has 1 aromatic carbocycles. The Morgan fingerprint density at radius 3 is 2.79 bits per heavy atom. The predicted octanol–water partition coefficient (Wildman–Crippen LogP) is 2.92. The van der Waals surface area contributed by atoms with Gasteiger partial charge in [-0.2, -0.15) is 0 Å². The molecule has 4 heteroatoms. The highest BCUT2D eigenvalue weighted by molar-refractivity contribution is 5.80. The fraction of sp³-hybridized carbons (Fsp3) is 0.533. The predicted molar refractivity (Wildman–Crippen MR) is 77.2 cm³/mol. The highest BCUT2D eigenvalue weighted by Crippen LogP contribution is 2.41. The minimum Gasteiger partial charge on any atom is -0.399 e. The topological polar surface area (TPSA) is 53.1 Å². The van der Waals surface area contributed by atoms with Crippen molar-refractivity contribution in [3.05, 3.63) is 24.0 Å². The molecule has 1 aliphatic rings. The summed E-state index contributed by atoms with van der Waals surface area (Å²) >= 11 is 0. The Bertz CT molecular complexity index is 611. The highest BCUT2D eigenvalue weighted by atomic mass is 16.5. The van der Waals surface area contributed by atoms with Crippen molar-refractivity contribution in [1.82, 2.24) is 9.55 Å². The Kier molecular flexibility index (Phi) is 2.78. The van der Waals surface area contributed by atoms with Crippen molar-refractivity contribution in [3.8, 4) is 0 Å². The molecule has 0 saturated heterocycles. The van der Waals surface area contributed by atoms with Crippen LogP contribution in [0.15, 0.2) is 18.2 Å². The number of methoxy groups -OCH3 is 1. The van der Waals surface area contributed by atoms with E-state index in [1.807, 2.05) is 12.1 Å². The van der Waals surface area contributed by atoms with Gasteiger partial charge < -0.3 is 15.0 Å². The molecule has 1 heterocycles. The van der Waals surface area contributed by atoms with Crippen LogP contribution in [-0.4, -0.2) is 22.3 Å². The lowest BCUT2D eigenvalue weighted by Gasteiger charge is -2.25. The fourth-order valence-electron chi connectivity index (χ4n) is 2.43. The lowest BCUT2D eigenvalue weighted by Crippen LogP contribution is -2.29. The number of benzene rings is 1. The molecule has 4 nitrogen and oxygen atoms in total. The number of fused-ring (bicyclic) bond motifs is 1. The first-order valence-corrected chi connectivity index (χ1v) is 6.81. The van der Waals surface area contributed by atoms with Crippen LogP contribution in [0.25, 0.3) is 11.0 Å². The number of hydrogen-bond donors (Lipinski definition) is 1. The number of aromatic nitrogens is 2. The van der Waals surface area contributed by atoms with Crippen LogP contribution < -0.4 is 5.73 Å². The van der Waals surface area contributed by atoms with Crippen LogP contribution in [0.1, 0.15) is 38.4 Å². The molecule has 0 aliphatic heterocycles. The van der Waals surface area contributed by atoms with Crippen LogP contribution in [0.5, 0.6) is 0 Å². The van der Waals surface area contributed by atoms with Crippen LogP contribution in [0, 0.1) is 0 Å². The van der Waals surface area contributed by atoms with Gasteiger partial charge >= 0.3 is 0 Å². The van der Waals surface area contributed by atoms with E-state index in [4.69, 9.17) is 15.5 Å². The lowest BCUT2D eigenvalue weighted by atomic mass is 10.1. The molecule has 102 valence electrons. The second-order valence-electron chi connectivity index (χ2n) is 6.04. The van der Waals surface area contributed by atoms with Gasteiger partial charge in [-0.3, -0.25) is 0 Å². The van der Waals surface area contributed by atoms with E-state index in [0.29, 0.717) is 5.92 Å². The smallest absolute Gasteiger partial charge is 0.113 e. The molecule has 0 radical (unpaired) electrons. The molecule has 0 amide bonds. The Hall–Kier alpha value is -1.55. The first-order chi connectivity index (χ1) is 9.00. The summed E-state index contributed by atoms with van der Waals surface area (Å²) in [7, 11) is 1.76. The normalized spacial score (nSPS) is 16.2. The van der Waals surface area contributed by atoms with E-state index in [0.717, 1.165) is 23.3 Å². The van der Waals surface area contributed by atoms with Crippen molar-refractivity contribution in [2.75, 3.05) is 12.8 Å². The summed E-state index contributed by atoms with van der Waals surface area (Å²) in [5.41, 5.74) is 8.58. The SMILES string of the molecule is COC(C)(C)Cn1c(C2CC2)nc2cc(N)ccc21. The second-order valence-corrected chi connectivity index (χ2v) is 6.04. The molecule has 1 fully saturated rings. The molecule has 1 aliphatic carbocycles. The zero-order valence-corrected chi connectivity index (χ0v) is 11.8. The van der Waals surface area contributed by atoms with Gasteiger partial charge in [0, 0.05) is 18.7 Å².